The summed E-state index contributed by atoms with van der Waals surface area (Å²) in [6, 6.07) is 7.40. The molecule has 0 saturated carbocycles. The van der Waals surface area contributed by atoms with Gasteiger partial charge < -0.3 is 10.2 Å². The highest BCUT2D eigenvalue weighted by Crippen LogP contribution is 2.16. The minimum Gasteiger partial charge on any atom is -0.363 e. The average Bonchev–Trinajstić information content (AvgIpc) is 2.65. The number of hydrogen-bond donors (Lipinski definition) is 2. The van der Waals surface area contributed by atoms with Gasteiger partial charge in [-0.1, -0.05) is 12.1 Å². The molecular weight excluding hydrogens is 403 g/mol. The lowest BCUT2D eigenvalue weighted by atomic mass is 10.2. The molecule has 0 saturated heterocycles. The van der Waals surface area contributed by atoms with Crippen LogP contribution >= 0.6 is 11.8 Å². The van der Waals surface area contributed by atoms with E-state index in [2.05, 4.69) is 15.0 Å². The van der Waals surface area contributed by atoms with Crippen molar-refractivity contribution in [2.45, 2.75) is 17.4 Å². The molecule has 7 nitrogen and oxygen atoms in total. The summed E-state index contributed by atoms with van der Waals surface area (Å²) in [5, 5.41) is 2.66. The number of nitrogens with zero attached hydrogens (tertiary/aromatic N) is 2. The van der Waals surface area contributed by atoms with Crippen LogP contribution in [0.25, 0.3) is 0 Å². The van der Waals surface area contributed by atoms with Crippen molar-refractivity contribution in [2.75, 3.05) is 36.3 Å². The topological polar surface area (TPSA) is 91.4 Å². The molecule has 0 fully saturated rings. The number of carbonyl (C=O) groups is 1. The number of carbonyl (C=O) groups excluding carboxylic acids is 1. The molecule has 1 aromatic carbocycles. The molecular formula is C18H23FN4O3S2. The number of halogens is 1. The Morgan fingerprint density at radius 2 is 1.96 bits per heavy atom. The van der Waals surface area contributed by atoms with Crippen molar-refractivity contribution in [3.63, 3.8) is 0 Å². The molecule has 10 heteroatoms. The molecule has 0 aliphatic heterocycles. The lowest BCUT2D eigenvalue weighted by molar-refractivity contribution is -0.117. The highest BCUT2D eigenvalue weighted by Gasteiger charge is 2.27. The van der Waals surface area contributed by atoms with Crippen LogP contribution in [-0.4, -0.2) is 51.5 Å². The summed E-state index contributed by atoms with van der Waals surface area (Å²) < 4.78 is 41.3. The van der Waals surface area contributed by atoms with E-state index in [0.717, 1.165) is 18.0 Å². The molecule has 28 heavy (non-hydrogen) atoms. The summed E-state index contributed by atoms with van der Waals surface area (Å²) in [6.07, 6.45) is 3.60. The summed E-state index contributed by atoms with van der Waals surface area (Å²) >= 11 is 1.48. The molecule has 1 heterocycles. The second-order valence-electron chi connectivity index (χ2n) is 6.17. The zero-order valence-electron chi connectivity index (χ0n) is 15.8. The largest absolute Gasteiger partial charge is 0.363 e. The van der Waals surface area contributed by atoms with E-state index in [1.54, 1.807) is 12.1 Å². The first-order valence-corrected chi connectivity index (χ1v) is 11.3. The fourth-order valence-electron chi connectivity index (χ4n) is 2.35. The van der Waals surface area contributed by atoms with Gasteiger partial charge in [0.05, 0.1) is 11.9 Å². The molecule has 0 spiro atoms. The Balaban J connectivity index is 2.18. The lowest BCUT2D eigenvalue weighted by Crippen LogP contribution is -2.44. The predicted octanol–water partition coefficient (Wildman–Crippen LogP) is 2.33. The molecule has 0 bridgehead atoms. The van der Waals surface area contributed by atoms with E-state index < -0.39 is 32.7 Å². The van der Waals surface area contributed by atoms with Gasteiger partial charge in [-0.2, -0.15) is 16.5 Å². The zero-order valence-corrected chi connectivity index (χ0v) is 17.5. The van der Waals surface area contributed by atoms with Crippen LogP contribution in [0, 0.1) is 5.82 Å². The highest BCUT2D eigenvalue weighted by atomic mass is 32.2. The molecule has 1 aromatic heterocycles. The average molecular weight is 427 g/mol. The van der Waals surface area contributed by atoms with E-state index in [-0.39, 0.29) is 6.42 Å². The number of amides is 1. The number of sulfonamides is 1. The van der Waals surface area contributed by atoms with Crippen LogP contribution in [0.3, 0.4) is 0 Å². The van der Waals surface area contributed by atoms with Crippen molar-refractivity contribution in [1.29, 1.82) is 0 Å². The van der Waals surface area contributed by atoms with Crippen molar-refractivity contribution in [2.24, 2.45) is 0 Å². The third-order valence-corrected chi connectivity index (χ3v) is 5.97. The van der Waals surface area contributed by atoms with Crippen LogP contribution in [0.4, 0.5) is 15.9 Å². The first-order chi connectivity index (χ1) is 13.2. The van der Waals surface area contributed by atoms with Crippen LogP contribution in [0.2, 0.25) is 0 Å². The van der Waals surface area contributed by atoms with Crippen LogP contribution in [0.1, 0.15) is 6.42 Å². The number of anilines is 2. The van der Waals surface area contributed by atoms with Crippen LogP contribution < -0.4 is 14.9 Å². The number of hydrogen-bond acceptors (Lipinski definition) is 6. The van der Waals surface area contributed by atoms with E-state index in [4.69, 9.17) is 0 Å². The highest BCUT2D eigenvalue weighted by molar-refractivity contribution is 7.98. The molecule has 1 amide bonds. The summed E-state index contributed by atoms with van der Waals surface area (Å²) in [4.78, 5) is 18.2. The Bertz CT molecular complexity index is 905. The number of aromatic nitrogens is 1. The summed E-state index contributed by atoms with van der Waals surface area (Å²) in [5.74, 6) is -0.136. The van der Waals surface area contributed by atoms with Gasteiger partial charge in [0.2, 0.25) is 15.9 Å². The zero-order chi connectivity index (χ0) is 20.7. The van der Waals surface area contributed by atoms with E-state index in [1.165, 1.54) is 30.1 Å². The molecule has 2 aromatic rings. The number of thioether (sulfide) groups is 1. The van der Waals surface area contributed by atoms with Crippen molar-refractivity contribution >= 4 is 39.2 Å². The van der Waals surface area contributed by atoms with Gasteiger partial charge in [0.25, 0.3) is 0 Å². The SMILES string of the molecule is CSCC[C@H](NS(=O)(=O)c1ccccc1F)C(=O)Nc1ccc(N(C)C)nc1. The maximum atomic E-state index is 13.9. The van der Waals surface area contributed by atoms with E-state index in [0.29, 0.717) is 11.4 Å². The minimum absolute atomic E-state index is 0.254. The Morgan fingerprint density at radius 1 is 1.25 bits per heavy atom. The van der Waals surface area contributed by atoms with Gasteiger partial charge in [-0.25, -0.2) is 17.8 Å². The quantitative estimate of drug-likeness (QED) is 0.640. The smallest absolute Gasteiger partial charge is 0.244 e. The minimum atomic E-state index is -4.19. The van der Waals surface area contributed by atoms with Crippen molar-refractivity contribution in [1.82, 2.24) is 9.71 Å². The molecule has 152 valence electrons. The standard InChI is InChI=1S/C18H23FN4O3S2/c1-23(2)17-9-8-13(12-20-17)21-18(24)15(10-11-27-3)22-28(25,26)16-7-5-4-6-14(16)19/h4-9,12,15,22H,10-11H2,1-3H3,(H,21,24)/t15-/m0/s1. The van der Waals surface area contributed by atoms with Gasteiger partial charge in [0, 0.05) is 14.1 Å². The summed E-state index contributed by atoms with van der Waals surface area (Å²) in [6.45, 7) is 0. The first kappa shape index (κ1) is 22.1. The second kappa shape index (κ2) is 9.85. The summed E-state index contributed by atoms with van der Waals surface area (Å²) in [7, 11) is -0.506. The van der Waals surface area contributed by atoms with E-state index in [9.17, 15) is 17.6 Å². The fourth-order valence-corrected chi connectivity index (χ4v) is 4.13. The second-order valence-corrected chi connectivity index (χ2v) is 8.84. The Hall–Kier alpha value is -2.17. The molecule has 2 N–H and O–H groups in total. The monoisotopic (exact) mass is 426 g/mol. The molecule has 0 unspecified atom stereocenters. The van der Waals surface area contributed by atoms with Gasteiger partial charge in [-0.15, -0.1) is 0 Å². The third kappa shape index (κ3) is 5.91. The molecule has 1 atom stereocenters. The van der Waals surface area contributed by atoms with E-state index in [1.807, 2.05) is 25.3 Å². The summed E-state index contributed by atoms with van der Waals surface area (Å²) in [5.41, 5.74) is 0.440. The van der Waals surface area contributed by atoms with Crippen molar-refractivity contribution in [3.05, 3.63) is 48.4 Å². The van der Waals surface area contributed by atoms with Gasteiger partial charge >= 0.3 is 0 Å². The fraction of sp³-hybridized carbons (Fsp3) is 0.333. The van der Waals surface area contributed by atoms with Gasteiger partial charge in [-0.3, -0.25) is 4.79 Å². The maximum Gasteiger partial charge on any atom is 0.244 e. The third-order valence-electron chi connectivity index (χ3n) is 3.82. The maximum absolute atomic E-state index is 13.9. The number of benzene rings is 1. The normalized spacial score (nSPS) is 12.4. The Morgan fingerprint density at radius 3 is 2.54 bits per heavy atom. The molecule has 0 aliphatic carbocycles. The van der Waals surface area contributed by atoms with Crippen LogP contribution in [0.15, 0.2) is 47.5 Å². The molecule has 0 radical (unpaired) electrons. The number of rotatable bonds is 9. The van der Waals surface area contributed by atoms with Crippen molar-refractivity contribution in [3.8, 4) is 0 Å². The molecule has 2 rings (SSSR count). The van der Waals surface area contributed by atoms with Crippen LogP contribution in [0.5, 0.6) is 0 Å². The Labute approximate surface area is 168 Å². The first-order valence-electron chi connectivity index (χ1n) is 8.44. The Kier molecular flexibility index (Phi) is 7.78. The molecule has 0 aliphatic rings. The predicted molar refractivity (Wildman–Crippen MR) is 111 cm³/mol. The van der Waals surface area contributed by atoms with E-state index >= 15 is 0 Å². The van der Waals surface area contributed by atoms with Gasteiger partial charge in [0.15, 0.2) is 0 Å². The van der Waals surface area contributed by atoms with Crippen molar-refractivity contribution < 1.29 is 17.6 Å². The number of pyridine rings is 1. The van der Waals surface area contributed by atoms with Gasteiger partial charge in [0.1, 0.15) is 22.6 Å². The number of nitrogens with one attached hydrogen (secondary N) is 2. The van der Waals surface area contributed by atoms with Gasteiger partial charge in [-0.05, 0) is 42.7 Å². The van der Waals surface area contributed by atoms with Crippen LogP contribution in [-0.2, 0) is 14.8 Å². The lowest BCUT2D eigenvalue weighted by Gasteiger charge is -2.19.